The molecule has 0 spiro atoms. The van der Waals surface area contributed by atoms with E-state index in [1.807, 2.05) is 18.3 Å². The van der Waals surface area contributed by atoms with Crippen molar-refractivity contribution in [1.82, 2.24) is 9.55 Å². The number of nitrogens with zero attached hydrogens (tertiary/aromatic N) is 3. The van der Waals surface area contributed by atoms with Gasteiger partial charge in [-0.15, -0.1) is 23.1 Å². The van der Waals surface area contributed by atoms with Crippen LogP contribution in [-0.2, 0) is 31.2 Å². The van der Waals surface area contributed by atoms with Gasteiger partial charge in [-0.3, -0.25) is 4.99 Å². The van der Waals surface area contributed by atoms with Crippen LogP contribution in [0.25, 0.3) is 38.8 Å². The van der Waals surface area contributed by atoms with Gasteiger partial charge in [0.2, 0.25) is 0 Å². The molecule has 2 aliphatic rings. The summed E-state index contributed by atoms with van der Waals surface area (Å²) in [6.07, 6.45) is 6.51. The predicted molar refractivity (Wildman–Crippen MR) is 199 cm³/mol. The van der Waals surface area contributed by atoms with E-state index in [0.29, 0.717) is 29.9 Å². The Kier molecular flexibility index (Phi) is 9.24. The fourth-order valence-electron chi connectivity index (χ4n) is 8.01. The van der Waals surface area contributed by atoms with Crippen molar-refractivity contribution in [3.63, 3.8) is 0 Å². The summed E-state index contributed by atoms with van der Waals surface area (Å²) < 4.78 is 15.3. The summed E-state index contributed by atoms with van der Waals surface area (Å²) in [5.41, 5.74) is 9.66. The summed E-state index contributed by atoms with van der Waals surface area (Å²) >= 11 is 0. The van der Waals surface area contributed by atoms with Gasteiger partial charge in [0, 0.05) is 34.2 Å². The molecule has 0 radical (unpaired) electrons. The maximum Gasteiger partial charge on any atom is 2.00 e. The SMILES string of the molecule is CCCC(CCC)[C@@H]1COC(c2[c-]c(Oc3[c-]c4c(cc3C)c3cc(C)cc5c3n4-c3ncccc3C5(C)C)cc(-c3ccccc3)c2)=N1.[Pt+2]. The fourth-order valence-corrected chi connectivity index (χ4v) is 8.01. The molecular weight excluding hydrogens is 798 g/mol. The monoisotopic (exact) mass is 840 g/mol. The molecule has 2 aromatic heterocycles. The van der Waals surface area contributed by atoms with E-state index in [9.17, 15) is 0 Å². The first-order valence-corrected chi connectivity index (χ1v) is 17.8. The molecule has 4 aromatic carbocycles. The number of hydrogen-bond acceptors (Lipinski definition) is 4. The Balaban J connectivity index is 0.00000392. The summed E-state index contributed by atoms with van der Waals surface area (Å²) in [5.74, 6) is 3.39. The largest absolute Gasteiger partial charge is 2.00 e. The van der Waals surface area contributed by atoms with E-state index < -0.39 is 0 Å². The van der Waals surface area contributed by atoms with Crippen LogP contribution in [0.2, 0.25) is 0 Å². The van der Waals surface area contributed by atoms with Crippen molar-refractivity contribution in [2.45, 2.75) is 78.7 Å². The number of aryl methyl sites for hydroxylation is 2. The van der Waals surface area contributed by atoms with Gasteiger partial charge in [-0.2, -0.15) is 6.07 Å². The van der Waals surface area contributed by atoms with Crippen LogP contribution in [0.3, 0.4) is 0 Å². The average molecular weight is 841 g/mol. The molecule has 4 heterocycles. The topological polar surface area (TPSA) is 48.6 Å². The predicted octanol–water partition coefficient (Wildman–Crippen LogP) is 10.9. The van der Waals surface area contributed by atoms with Crippen molar-refractivity contribution < 1.29 is 30.5 Å². The molecule has 6 heteroatoms. The van der Waals surface area contributed by atoms with Gasteiger partial charge in [-0.1, -0.05) is 130 Å². The van der Waals surface area contributed by atoms with E-state index >= 15 is 0 Å². The molecule has 0 fully saturated rings. The van der Waals surface area contributed by atoms with Gasteiger partial charge >= 0.3 is 21.1 Å². The maximum absolute atomic E-state index is 6.77. The number of aromatic nitrogens is 2. The van der Waals surface area contributed by atoms with Crippen molar-refractivity contribution in [2.24, 2.45) is 10.9 Å². The van der Waals surface area contributed by atoms with E-state index in [-0.39, 0.29) is 32.5 Å². The number of pyridine rings is 1. The molecule has 0 unspecified atom stereocenters. The summed E-state index contributed by atoms with van der Waals surface area (Å²) in [4.78, 5) is 10.1. The molecule has 0 bridgehead atoms. The van der Waals surface area contributed by atoms with Gasteiger partial charge in [0.05, 0.1) is 12.6 Å². The Morgan fingerprint density at radius 1 is 0.900 bits per heavy atom. The van der Waals surface area contributed by atoms with Crippen molar-refractivity contribution in [2.75, 3.05) is 6.61 Å². The Labute approximate surface area is 310 Å². The summed E-state index contributed by atoms with van der Waals surface area (Å²) in [5, 5.41) is 2.37. The second-order valence-electron chi connectivity index (χ2n) is 14.4. The standard InChI is InChI=1S/C44H43N3O2.Pt/c1-7-13-30(14-8-2)38-26-48-43(46-38)32-22-31(29-15-10-9-11-16-29)23-33(24-32)49-40-25-39-34(21-28(40)4)35-19-27(3)20-37-41(35)47(39)42-36(44(37,5)6)17-12-18-45-42;/h9-12,15-23,30,38H,7-8,13-14,26H2,1-6H3;/q-2;+2/t38-;/m0./s1. The molecule has 5 nitrogen and oxygen atoms in total. The molecule has 0 saturated carbocycles. The van der Waals surface area contributed by atoms with Crippen LogP contribution >= 0.6 is 0 Å². The van der Waals surface area contributed by atoms with Gasteiger partial charge < -0.3 is 14.0 Å². The zero-order chi connectivity index (χ0) is 33.9. The molecule has 6 aromatic rings. The number of aliphatic imine (C=N–C) groups is 1. The molecule has 0 N–H and O–H groups in total. The number of benzene rings is 4. The molecule has 1 atom stereocenters. The Hall–Kier alpha value is -4.21. The zero-order valence-electron chi connectivity index (χ0n) is 29.7. The van der Waals surface area contributed by atoms with Crippen LogP contribution < -0.4 is 4.74 Å². The van der Waals surface area contributed by atoms with E-state index in [4.69, 9.17) is 19.5 Å². The second-order valence-corrected chi connectivity index (χ2v) is 14.4. The third-order valence-electron chi connectivity index (χ3n) is 10.5. The second kappa shape index (κ2) is 13.5. The number of ether oxygens (including phenoxy) is 2. The van der Waals surface area contributed by atoms with Crippen molar-refractivity contribution in [3.8, 4) is 28.4 Å². The van der Waals surface area contributed by atoms with E-state index in [2.05, 4.69) is 119 Å². The maximum atomic E-state index is 6.77. The van der Waals surface area contributed by atoms with Crippen LogP contribution in [0.5, 0.6) is 11.5 Å². The van der Waals surface area contributed by atoms with Crippen LogP contribution in [-0.4, -0.2) is 28.1 Å². The van der Waals surface area contributed by atoms with Gasteiger partial charge in [0.15, 0.2) is 0 Å². The van der Waals surface area contributed by atoms with Crippen LogP contribution in [0, 0.1) is 31.9 Å². The molecular formula is C44H43N3O2Pt. The van der Waals surface area contributed by atoms with Crippen molar-refractivity contribution >= 4 is 27.7 Å². The average Bonchev–Trinajstić information content (AvgIpc) is 3.71. The van der Waals surface area contributed by atoms with E-state index in [0.717, 1.165) is 64.7 Å². The molecule has 0 amide bonds. The number of rotatable bonds is 9. The van der Waals surface area contributed by atoms with Gasteiger partial charge in [-0.05, 0) is 48.3 Å². The quantitative estimate of drug-likeness (QED) is 0.136. The fraction of sp³-hybridized carbons (Fsp3) is 0.318. The van der Waals surface area contributed by atoms with Crippen molar-refractivity contribution in [1.29, 1.82) is 0 Å². The summed E-state index contributed by atoms with van der Waals surface area (Å²) in [6.45, 7) is 14.0. The molecule has 8 rings (SSSR count). The molecule has 50 heavy (non-hydrogen) atoms. The minimum absolute atomic E-state index is 0. The number of hydrogen-bond donors (Lipinski definition) is 0. The smallest absolute Gasteiger partial charge is 0.518 e. The minimum Gasteiger partial charge on any atom is -0.518 e. The van der Waals surface area contributed by atoms with Crippen LogP contribution in [0.1, 0.15) is 81.2 Å². The van der Waals surface area contributed by atoms with Crippen LogP contribution in [0.4, 0.5) is 0 Å². The van der Waals surface area contributed by atoms with Gasteiger partial charge in [-0.25, -0.2) is 4.98 Å². The summed E-state index contributed by atoms with van der Waals surface area (Å²) in [7, 11) is 0. The van der Waals surface area contributed by atoms with E-state index in [1.165, 1.54) is 27.6 Å². The van der Waals surface area contributed by atoms with Gasteiger partial charge in [0.1, 0.15) is 11.7 Å². The van der Waals surface area contributed by atoms with Gasteiger partial charge in [0.25, 0.3) is 0 Å². The molecule has 2 aliphatic heterocycles. The first-order chi connectivity index (χ1) is 23.8. The molecule has 0 aliphatic carbocycles. The molecule has 256 valence electrons. The Bertz CT molecular complexity index is 2250. The first-order valence-electron chi connectivity index (χ1n) is 17.8. The van der Waals surface area contributed by atoms with E-state index in [1.54, 1.807) is 0 Å². The minimum atomic E-state index is -0.188. The van der Waals surface area contributed by atoms with Crippen molar-refractivity contribution in [3.05, 3.63) is 119 Å². The summed E-state index contributed by atoms with van der Waals surface area (Å²) in [6, 6.07) is 33.1. The third kappa shape index (κ3) is 5.78. The zero-order valence-corrected chi connectivity index (χ0v) is 31.9. The Morgan fingerprint density at radius 2 is 1.68 bits per heavy atom. The number of fused-ring (bicyclic) bond motifs is 5. The first kappa shape index (κ1) is 34.2. The third-order valence-corrected chi connectivity index (χ3v) is 10.5. The van der Waals surface area contributed by atoms with Crippen LogP contribution in [0.15, 0.2) is 84.0 Å². The Morgan fingerprint density at radius 3 is 2.44 bits per heavy atom. The normalized spacial score (nSPS) is 15.9. The molecule has 0 saturated heterocycles.